The Morgan fingerprint density at radius 3 is 2.41 bits per heavy atom. The molecular formula is C12H19NO4. The van der Waals surface area contributed by atoms with Crippen molar-refractivity contribution in [1.82, 2.24) is 5.32 Å². The van der Waals surface area contributed by atoms with Gasteiger partial charge in [-0.2, -0.15) is 0 Å². The van der Waals surface area contributed by atoms with E-state index in [-0.39, 0.29) is 11.7 Å². The first-order chi connectivity index (χ1) is 8.00. The molecular weight excluding hydrogens is 222 g/mol. The van der Waals surface area contributed by atoms with Gasteiger partial charge in [0, 0.05) is 0 Å². The summed E-state index contributed by atoms with van der Waals surface area (Å²) >= 11 is 0. The number of carboxylic acid groups (broad SMARTS) is 1. The first-order valence-corrected chi connectivity index (χ1v) is 5.87. The minimum atomic E-state index is -1.00. The zero-order valence-electron chi connectivity index (χ0n) is 10.1. The summed E-state index contributed by atoms with van der Waals surface area (Å²) in [6.07, 6.45) is 4.11. The lowest BCUT2D eigenvalue weighted by Gasteiger charge is -2.27. The SMILES string of the molecule is C=C(C)OC(=O)N[C@H](C(=O)O)C1CCCCC1. The number of carbonyl (C=O) groups excluding carboxylic acids is 1. The van der Waals surface area contributed by atoms with Crippen molar-refractivity contribution in [3.05, 3.63) is 12.3 Å². The van der Waals surface area contributed by atoms with Crippen molar-refractivity contribution in [2.75, 3.05) is 0 Å². The number of amides is 1. The van der Waals surface area contributed by atoms with Crippen LogP contribution >= 0.6 is 0 Å². The Bertz CT molecular complexity index is 308. The normalized spacial score (nSPS) is 18.2. The first kappa shape index (κ1) is 13.5. The highest BCUT2D eigenvalue weighted by atomic mass is 16.6. The Morgan fingerprint density at radius 2 is 1.94 bits per heavy atom. The number of alkyl carbamates (subject to hydrolysis) is 1. The summed E-state index contributed by atoms with van der Waals surface area (Å²) in [5, 5.41) is 11.5. The Morgan fingerprint density at radius 1 is 1.35 bits per heavy atom. The Kier molecular flexibility index (Phi) is 5.00. The molecule has 0 aliphatic heterocycles. The molecule has 0 aromatic carbocycles. The Balaban J connectivity index is 2.56. The van der Waals surface area contributed by atoms with Gasteiger partial charge in [0.15, 0.2) is 0 Å². The second-order valence-corrected chi connectivity index (χ2v) is 4.45. The number of hydrogen-bond acceptors (Lipinski definition) is 3. The monoisotopic (exact) mass is 241 g/mol. The van der Waals surface area contributed by atoms with Gasteiger partial charge >= 0.3 is 12.1 Å². The van der Waals surface area contributed by atoms with Crippen molar-refractivity contribution in [3.63, 3.8) is 0 Å². The molecule has 1 amide bonds. The van der Waals surface area contributed by atoms with E-state index in [9.17, 15) is 9.59 Å². The van der Waals surface area contributed by atoms with Gasteiger partial charge in [-0.1, -0.05) is 25.8 Å². The van der Waals surface area contributed by atoms with E-state index in [1.165, 1.54) is 6.92 Å². The van der Waals surface area contributed by atoms with Crippen molar-refractivity contribution in [1.29, 1.82) is 0 Å². The molecule has 1 fully saturated rings. The number of aliphatic carboxylic acids is 1. The van der Waals surface area contributed by atoms with E-state index in [1.807, 2.05) is 0 Å². The van der Waals surface area contributed by atoms with Crippen LogP contribution in [-0.2, 0) is 9.53 Å². The predicted octanol–water partition coefficient (Wildman–Crippen LogP) is 2.28. The van der Waals surface area contributed by atoms with Crippen LogP contribution in [0.4, 0.5) is 4.79 Å². The highest BCUT2D eigenvalue weighted by molar-refractivity contribution is 5.80. The van der Waals surface area contributed by atoms with E-state index in [0.717, 1.165) is 32.1 Å². The molecule has 17 heavy (non-hydrogen) atoms. The molecule has 0 unspecified atom stereocenters. The van der Waals surface area contributed by atoms with Crippen LogP contribution in [0.5, 0.6) is 0 Å². The standard InChI is InChI=1S/C12H19NO4/c1-8(2)17-12(16)13-10(11(14)15)9-6-4-3-5-7-9/h9-10H,1,3-7H2,2H3,(H,13,16)(H,14,15)/t10-/m0/s1. The molecule has 1 aliphatic rings. The average molecular weight is 241 g/mol. The van der Waals surface area contributed by atoms with Crippen molar-refractivity contribution >= 4 is 12.1 Å². The van der Waals surface area contributed by atoms with Crippen LogP contribution in [0.1, 0.15) is 39.0 Å². The molecule has 0 spiro atoms. The van der Waals surface area contributed by atoms with E-state index < -0.39 is 18.1 Å². The minimum Gasteiger partial charge on any atom is -0.480 e. The van der Waals surface area contributed by atoms with Gasteiger partial charge in [-0.25, -0.2) is 9.59 Å². The average Bonchev–Trinajstić information content (AvgIpc) is 2.25. The zero-order chi connectivity index (χ0) is 12.8. The number of hydrogen-bond donors (Lipinski definition) is 2. The highest BCUT2D eigenvalue weighted by Gasteiger charge is 2.31. The van der Waals surface area contributed by atoms with Gasteiger partial charge < -0.3 is 15.2 Å². The molecule has 0 saturated heterocycles. The Hall–Kier alpha value is -1.52. The largest absolute Gasteiger partial charge is 0.480 e. The maximum absolute atomic E-state index is 11.4. The van der Waals surface area contributed by atoms with Gasteiger partial charge in [0.1, 0.15) is 6.04 Å². The lowest BCUT2D eigenvalue weighted by Crippen LogP contribution is -2.46. The first-order valence-electron chi connectivity index (χ1n) is 5.87. The third kappa shape index (κ3) is 4.46. The van der Waals surface area contributed by atoms with Crippen LogP contribution in [-0.4, -0.2) is 23.2 Å². The minimum absolute atomic E-state index is 0.000999. The molecule has 0 bridgehead atoms. The van der Waals surface area contributed by atoms with Crippen molar-refractivity contribution < 1.29 is 19.4 Å². The van der Waals surface area contributed by atoms with Gasteiger partial charge in [-0.3, -0.25) is 0 Å². The molecule has 5 nitrogen and oxygen atoms in total. The predicted molar refractivity (Wildman–Crippen MR) is 62.4 cm³/mol. The highest BCUT2D eigenvalue weighted by Crippen LogP contribution is 2.26. The van der Waals surface area contributed by atoms with Gasteiger partial charge in [-0.15, -0.1) is 0 Å². The molecule has 0 aromatic rings. The topological polar surface area (TPSA) is 75.6 Å². The lowest BCUT2D eigenvalue weighted by molar-refractivity contribution is -0.141. The zero-order valence-corrected chi connectivity index (χ0v) is 10.1. The fraction of sp³-hybridized carbons (Fsp3) is 0.667. The molecule has 5 heteroatoms. The van der Waals surface area contributed by atoms with Crippen LogP contribution in [0, 0.1) is 5.92 Å². The summed E-state index contributed by atoms with van der Waals surface area (Å²) in [4.78, 5) is 22.5. The summed E-state index contributed by atoms with van der Waals surface area (Å²) in [5.41, 5.74) is 0. The molecule has 0 heterocycles. The summed E-state index contributed by atoms with van der Waals surface area (Å²) in [6, 6.07) is -0.859. The van der Waals surface area contributed by atoms with Crippen LogP contribution in [0.2, 0.25) is 0 Å². The Labute approximate surface area is 101 Å². The summed E-state index contributed by atoms with van der Waals surface area (Å²) < 4.78 is 4.71. The number of rotatable bonds is 4. The second kappa shape index (κ2) is 6.27. The fourth-order valence-electron chi connectivity index (χ4n) is 2.16. The third-order valence-corrected chi connectivity index (χ3v) is 2.93. The molecule has 1 atom stereocenters. The number of carboxylic acids is 1. The van der Waals surface area contributed by atoms with Gasteiger partial charge in [0.05, 0.1) is 5.76 Å². The maximum Gasteiger partial charge on any atom is 0.412 e. The van der Waals surface area contributed by atoms with Crippen molar-refractivity contribution in [2.24, 2.45) is 5.92 Å². The van der Waals surface area contributed by atoms with E-state index in [4.69, 9.17) is 9.84 Å². The van der Waals surface area contributed by atoms with E-state index in [0.29, 0.717) is 0 Å². The van der Waals surface area contributed by atoms with Crippen molar-refractivity contribution in [3.8, 4) is 0 Å². The lowest BCUT2D eigenvalue weighted by atomic mass is 9.84. The quantitative estimate of drug-likeness (QED) is 0.740. The number of carbonyl (C=O) groups is 2. The molecule has 1 saturated carbocycles. The van der Waals surface area contributed by atoms with Crippen LogP contribution in [0.3, 0.4) is 0 Å². The maximum atomic E-state index is 11.4. The smallest absolute Gasteiger partial charge is 0.412 e. The summed E-state index contributed by atoms with van der Waals surface area (Å²) in [5.74, 6) is -0.759. The van der Waals surface area contributed by atoms with E-state index >= 15 is 0 Å². The van der Waals surface area contributed by atoms with Crippen LogP contribution in [0.15, 0.2) is 12.3 Å². The molecule has 0 aromatic heterocycles. The second-order valence-electron chi connectivity index (χ2n) is 4.45. The summed E-state index contributed by atoms with van der Waals surface area (Å²) in [7, 11) is 0. The van der Waals surface area contributed by atoms with Gasteiger partial charge in [-0.05, 0) is 25.7 Å². The molecule has 1 rings (SSSR count). The fourth-order valence-corrected chi connectivity index (χ4v) is 2.16. The number of nitrogens with one attached hydrogen (secondary N) is 1. The molecule has 96 valence electrons. The van der Waals surface area contributed by atoms with E-state index in [2.05, 4.69) is 11.9 Å². The summed E-state index contributed by atoms with van der Waals surface area (Å²) in [6.45, 7) is 4.97. The molecule has 0 radical (unpaired) electrons. The number of ether oxygens (including phenoxy) is 1. The third-order valence-electron chi connectivity index (χ3n) is 2.93. The van der Waals surface area contributed by atoms with Crippen LogP contribution in [0.25, 0.3) is 0 Å². The van der Waals surface area contributed by atoms with Crippen molar-refractivity contribution in [2.45, 2.75) is 45.1 Å². The molecule has 1 aliphatic carbocycles. The number of allylic oxidation sites excluding steroid dienone is 1. The van der Waals surface area contributed by atoms with Gasteiger partial charge in [0.25, 0.3) is 0 Å². The van der Waals surface area contributed by atoms with E-state index in [1.54, 1.807) is 0 Å². The molecule has 2 N–H and O–H groups in total. The van der Waals surface area contributed by atoms with Gasteiger partial charge in [0.2, 0.25) is 0 Å². The van der Waals surface area contributed by atoms with Crippen LogP contribution < -0.4 is 5.32 Å².